The molecule has 14 heavy (non-hydrogen) atoms. The van der Waals surface area contributed by atoms with E-state index in [-0.39, 0.29) is 4.83 Å². The van der Waals surface area contributed by atoms with E-state index in [1.165, 1.54) is 12.8 Å². The third-order valence-electron chi connectivity index (χ3n) is 3.10. The van der Waals surface area contributed by atoms with Gasteiger partial charge >= 0.3 is 0 Å². The zero-order valence-electron chi connectivity index (χ0n) is 9.13. The molecule has 1 atom stereocenters. The van der Waals surface area contributed by atoms with Gasteiger partial charge in [0.2, 0.25) is 5.91 Å². The predicted octanol–water partition coefficient (Wildman–Crippen LogP) is 2.81. The number of alkyl halides is 1. The summed E-state index contributed by atoms with van der Waals surface area (Å²) in [7, 11) is 0. The van der Waals surface area contributed by atoms with Crippen molar-refractivity contribution in [1.29, 1.82) is 0 Å². The Hall–Kier alpha value is -0.0500. The first-order valence-corrected chi connectivity index (χ1v) is 6.53. The van der Waals surface area contributed by atoms with Gasteiger partial charge in [-0.15, -0.1) is 0 Å². The molecule has 1 heterocycles. The van der Waals surface area contributed by atoms with Crippen molar-refractivity contribution in [3.05, 3.63) is 0 Å². The summed E-state index contributed by atoms with van der Waals surface area (Å²) < 4.78 is 0. The van der Waals surface area contributed by atoms with Crippen molar-refractivity contribution in [2.75, 3.05) is 13.1 Å². The van der Waals surface area contributed by atoms with E-state index in [2.05, 4.69) is 29.8 Å². The van der Waals surface area contributed by atoms with Crippen LogP contribution in [0.1, 0.15) is 39.5 Å². The molecule has 1 unspecified atom stereocenters. The molecule has 1 fully saturated rings. The maximum atomic E-state index is 11.8. The molecule has 0 N–H and O–H groups in total. The zero-order chi connectivity index (χ0) is 10.6. The van der Waals surface area contributed by atoms with Crippen LogP contribution < -0.4 is 0 Å². The lowest BCUT2D eigenvalue weighted by atomic mass is 10.0. The van der Waals surface area contributed by atoms with E-state index >= 15 is 0 Å². The molecule has 0 spiro atoms. The number of nitrogens with zero attached hydrogens (tertiary/aromatic N) is 1. The third-order valence-corrected chi connectivity index (χ3v) is 3.95. The molecule has 0 bridgehead atoms. The summed E-state index contributed by atoms with van der Waals surface area (Å²) in [6.45, 7) is 6.31. The largest absolute Gasteiger partial charge is 0.341 e. The number of rotatable bonds is 4. The Morgan fingerprint density at radius 2 is 2.14 bits per heavy atom. The molecule has 1 amide bonds. The smallest absolute Gasteiger partial charge is 0.236 e. The zero-order valence-corrected chi connectivity index (χ0v) is 10.7. The topological polar surface area (TPSA) is 20.3 Å². The molecule has 82 valence electrons. The normalized spacial score (nSPS) is 23.3. The van der Waals surface area contributed by atoms with Crippen LogP contribution in [-0.4, -0.2) is 28.7 Å². The highest BCUT2D eigenvalue weighted by molar-refractivity contribution is 9.10. The first-order chi connectivity index (χ1) is 6.69. The molecule has 0 aromatic carbocycles. The molecular weight excluding hydrogens is 242 g/mol. The van der Waals surface area contributed by atoms with Crippen LogP contribution in [0.4, 0.5) is 0 Å². The number of hydrogen-bond donors (Lipinski definition) is 0. The van der Waals surface area contributed by atoms with Crippen molar-refractivity contribution in [2.45, 2.75) is 44.4 Å². The SMILES string of the molecule is CCC(CC)CN1CCCC(Br)C1=O. The Kier molecular flexibility index (Phi) is 4.93. The molecule has 3 heteroatoms. The molecule has 1 saturated heterocycles. The number of amides is 1. The number of halogens is 1. The quantitative estimate of drug-likeness (QED) is 0.713. The van der Waals surface area contributed by atoms with Crippen LogP contribution in [-0.2, 0) is 4.79 Å². The van der Waals surface area contributed by atoms with Crippen molar-refractivity contribution < 1.29 is 4.79 Å². The average Bonchev–Trinajstić information content (AvgIpc) is 2.20. The minimum atomic E-state index is 0.0746. The van der Waals surface area contributed by atoms with E-state index in [9.17, 15) is 4.79 Å². The van der Waals surface area contributed by atoms with Crippen molar-refractivity contribution in [1.82, 2.24) is 4.90 Å². The second kappa shape index (κ2) is 5.74. The van der Waals surface area contributed by atoms with Crippen LogP contribution in [0.25, 0.3) is 0 Å². The van der Waals surface area contributed by atoms with Gasteiger partial charge in [-0.05, 0) is 18.8 Å². The van der Waals surface area contributed by atoms with Gasteiger partial charge in [-0.1, -0.05) is 42.6 Å². The molecule has 1 rings (SSSR count). The summed E-state index contributed by atoms with van der Waals surface area (Å²) in [5.41, 5.74) is 0. The van der Waals surface area contributed by atoms with E-state index in [0.717, 1.165) is 25.9 Å². The molecular formula is C11H20BrNO. The summed E-state index contributed by atoms with van der Waals surface area (Å²) in [6, 6.07) is 0. The van der Waals surface area contributed by atoms with Crippen LogP contribution in [0.15, 0.2) is 0 Å². The summed E-state index contributed by atoms with van der Waals surface area (Å²) in [4.78, 5) is 13.9. The van der Waals surface area contributed by atoms with E-state index in [0.29, 0.717) is 11.8 Å². The van der Waals surface area contributed by atoms with Crippen molar-refractivity contribution >= 4 is 21.8 Å². The Balaban J connectivity index is 2.46. The van der Waals surface area contributed by atoms with Gasteiger partial charge in [0.1, 0.15) is 0 Å². The maximum Gasteiger partial charge on any atom is 0.236 e. The van der Waals surface area contributed by atoms with Gasteiger partial charge in [-0.2, -0.15) is 0 Å². The van der Waals surface area contributed by atoms with E-state index in [1.807, 2.05) is 4.90 Å². The van der Waals surface area contributed by atoms with Gasteiger partial charge in [0.15, 0.2) is 0 Å². The Morgan fingerprint density at radius 3 is 2.71 bits per heavy atom. The van der Waals surface area contributed by atoms with Gasteiger partial charge in [0, 0.05) is 13.1 Å². The van der Waals surface area contributed by atoms with Gasteiger partial charge in [-0.25, -0.2) is 0 Å². The van der Waals surface area contributed by atoms with Gasteiger partial charge < -0.3 is 4.90 Å². The number of likely N-dealkylation sites (tertiary alicyclic amines) is 1. The second-order valence-electron chi connectivity index (χ2n) is 4.08. The highest BCUT2D eigenvalue weighted by Crippen LogP contribution is 2.20. The molecule has 1 aliphatic rings. The number of hydrogen-bond acceptors (Lipinski definition) is 1. The summed E-state index contributed by atoms with van der Waals surface area (Å²) in [5, 5.41) is 0. The first kappa shape index (κ1) is 12.0. The van der Waals surface area contributed by atoms with Crippen LogP contribution in [0, 0.1) is 5.92 Å². The highest BCUT2D eigenvalue weighted by Gasteiger charge is 2.27. The van der Waals surface area contributed by atoms with Crippen LogP contribution in [0.2, 0.25) is 0 Å². The van der Waals surface area contributed by atoms with Crippen LogP contribution in [0.3, 0.4) is 0 Å². The third kappa shape index (κ3) is 2.97. The summed E-state index contributed by atoms with van der Waals surface area (Å²) in [5.74, 6) is 0.972. The highest BCUT2D eigenvalue weighted by atomic mass is 79.9. The maximum absolute atomic E-state index is 11.8. The number of carbonyl (C=O) groups is 1. The number of piperidine rings is 1. The first-order valence-electron chi connectivity index (χ1n) is 5.61. The summed E-state index contributed by atoms with van der Waals surface area (Å²) in [6.07, 6.45) is 4.49. The van der Waals surface area contributed by atoms with E-state index in [4.69, 9.17) is 0 Å². The molecule has 0 aliphatic carbocycles. The Labute approximate surface area is 95.2 Å². The standard InChI is InChI=1S/C11H20BrNO/c1-3-9(4-2)8-13-7-5-6-10(12)11(13)14/h9-10H,3-8H2,1-2H3. The fourth-order valence-corrected chi connectivity index (χ4v) is 2.55. The van der Waals surface area contributed by atoms with Crippen molar-refractivity contribution in [3.8, 4) is 0 Å². The Morgan fingerprint density at radius 1 is 1.50 bits per heavy atom. The lowest BCUT2D eigenvalue weighted by Crippen LogP contribution is -2.43. The van der Waals surface area contributed by atoms with Crippen LogP contribution >= 0.6 is 15.9 Å². The Bertz CT molecular complexity index is 192. The fourth-order valence-electron chi connectivity index (χ4n) is 1.93. The van der Waals surface area contributed by atoms with Gasteiger partial charge in [-0.3, -0.25) is 4.79 Å². The van der Waals surface area contributed by atoms with Gasteiger partial charge in [0.05, 0.1) is 4.83 Å². The van der Waals surface area contributed by atoms with Gasteiger partial charge in [0.25, 0.3) is 0 Å². The van der Waals surface area contributed by atoms with E-state index in [1.54, 1.807) is 0 Å². The lowest BCUT2D eigenvalue weighted by molar-refractivity contribution is -0.133. The van der Waals surface area contributed by atoms with E-state index < -0.39 is 0 Å². The molecule has 0 saturated carbocycles. The average molecular weight is 262 g/mol. The van der Waals surface area contributed by atoms with Crippen LogP contribution in [0.5, 0.6) is 0 Å². The molecule has 0 radical (unpaired) electrons. The molecule has 2 nitrogen and oxygen atoms in total. The fraction of sp³-hybridized carbons (Fsp3) is 0.909. The molecule has 0 aromatic heterocycles. The van der Waals surface area contributed by atoms with Crippen molar-refractivity contribution in [2.24, 2.45) is 5.92 Å². The lowest BCUT2D eigenvalue weighted by Gasteiger charge is -2.32. The monoisotopic (exact) mass is 261 g/mol. The molecule has 1 aliphatic heterocycles. The second-order valence-corrected chi connectivity index (χ2v) is 5.18. The minimum absolute atomic E-state index is 0.0746. The molecule has 0 aromatic rings. The summed E-state index contributed by atoms with van der Waals surface area (Å²) >= 11 is 3.44. The number of carbonyl (C=O) groups excluding carboxylic acids is 1. The van der Waals surface area contributed by atoms with Crippen molar-refractivity contribution in [3.63, 3.8) is 0 Å². The predicted molar refractivity (Wildman–Crippen MR) is 62.6 cm³/mol. The minimum Gasteiger partial charge on any atom is -0.341 e.